The quantitative estimate of drug-likeness (QED) is 0.751. The number of aliphatic hydroxyl groups excluding tert-OH is 1. The van der Waals surface area contributed by atoms with Gasteiger partial charge in [-0.05, 0) is 19.4 Å². The van der Waals surface area contributed by atoms with Crippen LogP contribution in [0.5, 0.6) is 0 Å². The van der Waals surface area contributed by atoms with E-state index < -0.39 is 0 Å². The molecular weight excluding hydrogens is 242 g/mol. The number of rotatable bonds is 8. The smallest absolute Gasteiger partial charge is 0.256 e. The maximum atomic E-state index is 12.5. The molecule has 0 unspecified atom stereocenters. The largest absolute Gasteiger partial charge is 0.395 e. The van der Waals surface area contributed by atoms with Crippen molar-refractivity contribution in [2.45, 2.75) is 26.7 Å². The molecule has 0 spiro atoms. The van der Waals surface area contributed by atoms with Crippen LogP contribution in [0.15, 0.2) is 18.5 Å². The first-order valence-electron chi connectivity index (χ1n) is 6.82. The van der Waals surface area contributed by atoms with Gasteiger partial charge in [0, 0.05) is 25.8 Å². The lowest BCUT2D eigenvalue weighted by atomic mass is 10.2. The summed E-state index contributed by atoms with van der Waals surface area (Å²) in [5.41, 5.74) is 1.36. The number of nitrogens with one attached hydrogen (secondary N) is 1. The molecular formula is C14H23N3O2. The summed E-state index contributed by atoms with van der Waals surface area (Å²) in [4.78, 5) is 18.2. The van der Waals surface area contributed by atoms with Gasteiger partial charge in [-0.15, -0.1) is 0 Å². The molecule has 0 bridgehead atoms. The monoisotopic (exact) mass is 265 g/mol. The highest BCUT2D eigenvalue weighted by Crippen LogP contribution is 2.16. The van der Waals surface area contributed by atoms with E-state index in [9.17, 15) is 4.79 Å². The summed E-state index contributed by atoms with van der Waals surface area (Å²) in [6.07, 6.45) is 5.23. The molecule has 0 fully saturated rings. The van der Waals surface area contributed by atoms with Crippen LogP contribution in [-0.4, -0.2) is 47.1 Å². The van der Waals surface area contributed by atoms with Crippen molar-refractivity contribution >= 4 is 11.6 Å². The lowest BCUT2D eigenvalue weighted by Crippen LogP contribution is -2.34. The van der Waals surface area contributed by atoms with E-state index in [4.69, 9.17) is 5.11 Å². The van der Waals surface area contributed by atoms with Crippen LogP contribution >= 0.6 is 0 Å². The highest BCUT2D eigenvalue weighted by atomic mass is 16.3. The molecule has 1 aromatic rings. The van der Waals surface area contributed by atoms with Crippen LogP contribution in [0.4, 0.5) is 5.69 Å². The maximum absolute atomic E-state index is 12.5. The zero-order chi connectivity index (χ0) is 14.1. The standard InChI is InChI=1S/C14H23N3O2/c1-3-5-8-17(9-10-18)14(19)12-6-7-15-11-13(12)16-4-2/h6-7,11,16,18H,3-5,8-10H2,1-2H3. The molecule has 0 aliphatic carbocycles. The number of hydrogen-bond acceptors (Lipinski definition) is 4. The molecule has 0 aromatic carbocycles. The second-order valence-electron chi connectivity index (χ2n) is 4.32. The molecule has 5 nitrogen and oxygen atoms in total. The Kier molecular flexibility index (Phi) is 6.89. The van der Waals surface area contributed by atoms with Crippen molar-refractivity contribution in [2.24, 2.45) is 0 Å². The minimum absolute atomic E-state index is 0.0168. The normalized spacial score (nSPS) is 10.3. The van der Waals surface area contributed by atoms with E-state index >= 15 is 0 Å². The van der Waals surface area contributed by atoms with Crippen molar-refractivity contribution in [3.05, 3.63) is 24.0 Å². The zero-order valence-corrected chi connectivity index (χ0v) is 11.7. The first kappa shape index (κ1) is 15.4. The number of carbonyl (C=O) groups is 1. The molecule has 0 aliphatic heterocycles. The molecule has 5 heteroatoms. The van der Waals surface area contributed by atoms with Gasteiger partial charge in [0.1, 0.15) is 0 Å². The van der Waals surface area contributed by atoms with Crippen LogP contribution in [0.1, 0.15) is 37.0 Å². The number of unbranched alkanes of at least 4 members (excludes halogenated alkanes) is 1. The number of anilines is 1. The van der Waals surface area contributed by atoms with E-state index in [1.165, 1.54) is 0 Å². The Balaban J connectivity index is 2.88. The van der Waals surface area contributed by atoms with Crippen molar-refractivity contribution in [1.29, 1.82) is 0 Å². The van der Waals surface area contributed by atoms with E-state index in [1.807, 2.05) is 6.92 Å². The van der Waals surface area contributed by atoms with Gasteiger partial charge < -0.3 is 15.3 Å². The number of hydrogen-bond donors (Lipinski definition) is 2. The van der Waals surface area contributed by atoms with Crippen molar-refractivity contribution in [3.8, 4) is 0 Å². The minimum Gasteiger partial charge on any atom is -0.395 e. The fraction of sp³-hybridized carbons (Fsp3) is 0.571. The minimum atomic E-state index is -0.0548. The average Bonchev–Trinajstić information content (AvgIpc) is 2.44. The topological polar surface area (TPSA) is 65.5 Å². The molecule has 0 radical (unpaired) electrons. The summed E-state index contributed by atoms with van der Waals surface area (Å²) < 4.78 is 0. The molecule has 1 heterocycles. The lowest BCUT2D eigenvalue weighted by molar-refractivity contribution is 0.0720. The molecule has 0 aliphatic rings. The van der Waals surface area contributed by atoms with Crippen molar-refractivity contribution in [3.63, 3.8) is 0 Å². The number of carbonyl (C=O) groups excluding carboxylic acids is 1. The van der Waals surface area contributed by atoms with Crippen molar-refractivity contribution < 1.29 is 9.90 Å². The van der Waals surface area contributed by atoms with Crippen LogP contribution in [-0.2, 0) is 0 Å². The van der Waals surface area contributed by atoms with Crippen molar-refractivity contribution in [1.82, 2.24) is 9.88 Å². The van der Waals surface area contributed by atoms with E-state index in [-0.39, 0.29) is 12.5 Å². The molecule has 1 amide bonds. The predicted molar refractivity (Wildman–Crippen MR) is 76.3 cm³/mol. The first-order chi connectivity index (χ1) is 9.24. The molecule has 19 heavy (non-hydrogen) atoms. The third-order valence-corrected chi connectivity index (χ3v) is 2.86. The van der Waals surface area contributed by atoms with Crippen LogP contribution in [0.2, 0.25) is 0 Å². The van der Waals surface area contributed by atoms with Gasteiger partial charge in [-0.25, -0.2) is 0 Å². The van der Waals surface area contributed by atoms with Gasteiger partial charge in [0.05, 0.1) is 24.1 Å². The number of amides is 1. The molecule has 0 saturated carbocycles. The Bertz CT molecular complexity index is 396. The average molecular weight is 265 g/mol. The molecule has 106 valence electrons. The van der Waals surface area contributed by atoms with E-state index in [0.29, 0.717) is 18.7 Å². The highest BCUT2D eigenvalue weighted by molar-refractivity contribution is 5.99. The number of aliphatic hydroxyl groups is 1. The number of pyridine rings is 1. The summed E-state index contributed by atoms with van der Waals surface area (Å²) in [6, 6.07) is 1.72. The number of aromatic nitrogens is 1. The number of nitrogens with zero attached hydrogens (tertiary/aromatic N) is 2. The summed E-state index contributed by atoms with van der Waals surface area (Å²) in [7, 11) is 0. The van der Waals surface area contributed by atoms with Gasteiger partial charge in [0.25, 0.3) is 5.91 Å². The maximum Gasteiger partial charge on any atom is 0.256 e. The fourth-order valence-electron chi connectivity index (χ4n) is 1.87. The van der Waals surface area contributed by atoms with Gasteiger partial charge in [-0.2, -0.15) is 0 Å². The Labute approximate surface area is 114 Å². The fourth-order valence-corrected chi connectivity index (χ4v) is 1.87. The van der Waals surface area contributed by atoms with Crippen LogP contribution in [0, 0.1) is 0 Å². The van der Waals surface area contributed by atoms with E-state index in [1.54, 1.807) is 23.4 Å². The molecule has 0 saturated heterocycles. The summed E-state index contributed by atoms with van der Waals surface area (Å²) >= 11 is 0. The van der Waals surface area contributed by atoms with Gasteiger partial charge in [0.15, 0.2) is 0 Å². The van der Waals surface area contributed by atoms with Crippen molar-refractivity contribution in [2.75, 3.05) is 31.6 Å². The van der Waals surface area contributed by atoms with Gasteiger partial charge >= 0.3 is 0 Å². The Hall–Kier alpha value is -1.62. The first-order valence-corrected chi connectivity index (χ1v) is 6.82. The van der Waals surface area contributed by atoms with E-state index in [0.717, 1.165) is 25.1 Å². The second-order valence-corrected chi connectivity index (χ2v) is 4.32. The predicted octanol–water partition coefficient (Wildman–Crippen LogP) is 1.75. The van der Waals surface area contributed by atoms with Crippen LogP contribution in [0.3, 0.4) is 0 Å². The Morgan fingerprint density at radius 3 is 2.84 bits per heavy atom. The van der Waals surface area contributed by atoms with Crippen LogP contribution in [0.25, 0.3) is 0 Å². The third kappa shape index (κ3) is 4.52. The van der Waals surface area contributed by atoms with Gasteiger partial charge in [-0.3, -0.25) is 9.78 Å². The highest BCUT2D eigenvalue weighted by Gasteiger charge is 2.17. The Morgan fingerprint density at radius 1 is 1.42 bits per heavy atom. The third-order valence-electron chi connectivity index (χ3n) is 2.86. The second kappa shape index (κ2) is 8.48. The molecule has 1 rings (SSSR count). The summed E-state index contributed by atoms with van der Waals surface area (Å²) in [6.45, 7) is 5.82. The molecule has 2 N–H and O–H groups in total. The van der Waals surface area contributed by atoms with Gasteiger partial charge in [-0.1, -0.05) is 13.3 Å². The van der Waals surface area contributed by atoms with Crippen LogP contribution < -0.4 is 5.32 Å². The zero-order valence-electron chi connectivity index (χ0n) is 11.7. The van der Waals surface area contributed by atoms with Gasteiger partial charge in [0.2, 0.25) is 0 Å². The summed E-state index contributed by atoms with van der Waals surface area (Å²) in [5.74, 6) is -0.0548. The SMILES string of the molecule is CCCCN(CCO)C(=O)c1ccncc1NCC. The summed E-state index contributed by atoms with van der Waals surface area (Å²) in [5, 5.41) is 12.2. The Morgan fingerprint density at radius 2 is 2.21 bits per heavy atom. The van der Waals surface area contributed by atoms with E-state index in [2.05, 4.69) is 17.2 Å². The molecule has 0 atom stereocenters. The lowest BCUT2D eigenvalue weighted by Gasteiger charge is -2.22. The molecule has 1 aromatic heterocycles.